The highest BCUT2D eigenvalue weighted by molar-refractivity contribution is 5.93. The predicted octanol–water partition coefficient (Wildman–Crippen LogP) is 3.83. The van der Waals surface area contributed by atoms with Gasteiger partial charge < -0.3 is 15.2 Å². The fourth-order valence-electron chi connectivity index (χ4n) is 4.71. The van der Waals surface area contributed by atoms with Crippen molar-refractivity contribution in [1.29, 1.82) is 0 Å². The van der Waals surface area contributed by atoms with Crippen LogP contribution in [0.5, 0.6) is 0 Å². The molecule has 4 aromatic heterocycles. The number of benzene rings is 2. The van der Waals surface area contributed by atoms with E-state index >= 15 is 0 Å². The Morgan fingerprint density at radius 2 is 1.90 bits per heavy atom. The van der Waals surface area contributed by atoms with E-state index < -0.39 is 11.6 Å². The maximum atomic E-state index is 13.9. The molecule has 2 aromatic carbocycles. The molecule has 4 heterocycles. The summed E-state index contributed by atoms with van der Waals surface area (Å²) in [5.41, 5.74) is 5.02. The predicted molar refractivity (Wildman–Crippen MR) is 151 cm³/mol. The molecule has 1 amide bonds. The monoisotopic (exact) mass is 552 g/mol. The summed E-state index contributed by atoms with van der Waals surface area (Å²) in [6.07, 6.45) is 6.83. The highest BCUT2D eigenvalue weighted by atomic mass is 19.1. The van der Waals surface area contributed by atoms with Gasteiger partial charge in [0.1, 0.15) is 16.9 Å². The molecule has 1 unspecified atom stereocenters. The van der Waals surface area contributed by atoms with E-state index in [1.54, 1.807) is 50.6 Å². The Labute approximate surface area is 232 Å². The van der Waals surface area contributed by atoms with Crippen LogP contribution < -0.4 is 16.2 Å². The fourth-order valence-corrected chi connectivity index (χ4v) is 4.71. The number of nitrogens with zero attached hydrogens (tertiary/aromatic N) is 6. The van der Waals surface area contributed by atoms with E-state index in [1.807, 2.05) is 23.8 Å². The topological polar surface area (TPSA) is 133 Å². The van der Waals surface area contributed by atoms with Crippen LogP contribution in [0.15, 0.2) is 76.7 Å². The van der Waals surface area contributed by atoms with Crippen molar-refractivity contribution >= 4 is 33.7 Å². The van der Waals surface area contributed by atoms with Gasteiger partial charge in [0.2, 0.25) is 5.91 Å². The number of anilines is 1. The minimum atomic E-state index is -0.527. The maximum Gasteiger partial charge on any atom is 0.294 e. The van der Waals surface area contributed by atoms with Crippen molar-refractivity contribution in [2.24, 2.45) is 0 Å². The molecule has 0 spiro atoms. The summed E-state index contributed by atoms with van der Waals surface area (Å²) in [4.78, 5) is 35.0. The first-order valence-corrected chi connectivity index (χ1v) is 12.8. The number of hydrogen-bond donors (Lipinski definition) is 2. The number of hydrogen-bond acceptors (Lipinski definition) is 8. The summed E-state index contributed by atoms with van der Waals surface area (Å²) >= 11 is 0. The number of likely N-dealkylation sites (N-methyl/N-ethyl adjacent to an activating group) is 1. The maximum absolute atomic E-state index is 13.9. The molecule has 0 aliphatic heterocycles. The first-order chi connectivity index (χ1) is 19.8. The third-order valence-corrected chi connectivity index (χ3v) is 7.04. The number of pyridine rings is 1. The smallest absolute Gasteiger partial charge is 0.294 e. The second-order valence-electron chi connectivity index (χ2n) is 9.75. The zero-order valence-corrected chi connectivity index (χ0v) is 22.4. The van der Waals surface area contributed by atoms with Crippen LogP contribution in [-0.4, -0.2) is 48.4 Å². The second kappa shape index (κ2) is 10.4. The number of fused-ring (bicyclic) bond motifs is 2. The Hall–Kier alpha value is -5.23. The summed E-state index contributed by atoms with van der Waals surface area (Å²) < 4.78 is 22.2. The van der Waals surface area contributed by atoms with Gasteiger partial charge in [-0.2, -0.15) is 0 Å². The number of aromatic nitrogens is 6. The molecule has 11 nitrogen and oxygen atoms in total. The number of carbonyl (C=O) groups excluding carboxylic acids is 1. The van der Waals surface area contributed by atoms with Crippen LogP contribution in [0.2, 0.25) is 0 Å². The average molecular weight is 553 g/mol. The molecular weight excluding hydrogens is 527 g/mol. The van der Waals surface area contributed by atoms with E-state index in [9.17, 15) is 14.0 Å². The molecule has 6 aromatic rings. The third-order valence-electron chi connectivity index (χ3n) is 7.04. The first-order valence-electron chi connectivity index (χ1n) is 12.8. The zero-order chi connectivity index (χ0) is 28.7. The van der Waals surface area contributed by atoms with Gasteiger partial charge >= 0.3 is 0 Å². The Morgan fingerprint density at radius 3 is 2.73 bits per heavy atom. The van der Waals surface area contributed by atoms with Crippen molar-refractivity contribution in [3.05, 3.63) is 94.5 Å². The van der Waals surface area contributed by atoms with Gasteiger partial charge in [0.25, 0.3) is 5.56 Å². The van der Waals surface area contributed by atoms with Crippen LogP contribution >= 0.6 is 0 Å². The van der Waals surface area contributed by atoms with Crippen LogP contribution in [-0.2, 0) is 11.3 Å². The highest BCUT2D eigenvalue weighted by Gasteiger charge is 2.18. The Bertz CT molecular complexity index is 1990. The number of nitrogens with one attached hydrogen (secondary N) is 2. The third kappa shape index (κ3) is 4.85. The summed E-state index contributed by atoms with van der Waals surface area (Å²) in [5, 5.41) is 14.0. The van der Waals surface area contributed by atoms with E-state index in [4.69, 9.17) is 4.63 Å². The number of halogens is 1. The molecule has 12 heteroatoms. The minimum absolute atomic E-state index is 0.0943. The molecule has 0 saturated heterocycles. The lowest BCUT2D eigenvalue weighted by molar-refractivity contribution is -0.117. The van der Waals surface area contributed by atoms with Gasteiger partial charge in [0.05, 0.1) is 41.9 Å². The average Bonchev–Trinajstić information content (AvgIpc) is 3.58. The summed E-state index contributed by atoms with van der Waals surface area (Å²) in [5.74, 6) is -0.786. The van der Waals surface area contributed by atoms with E-state index in [0.717, 1.165) is 27.7 Å². The van der Waals surface area contributed by atoms with E-state index in [2.05, 4.69) is 30.9 Å². The molecule has 6 rings (SSSR count). The van der Waals surface area contributed by atoms with Crippen LogP contribution in [0.25, 0.3) is 38.9 Å². The largest absolute Gasteiger partial charge is 0.315 e. The van der Waals surface area contributed by atoms with E-state index in [0.29, 0.717) is 22.3 Å². The summed E-state index contributed by atoms with van der Waals surface area (Å²) in [6, 6.07) is 11.3. The normalized spacial score (nSPS) is 12.2. The summed E-state index contributed by atoms with van der Waals surface area (Å²) in [7, 11) is 1.65. The molecular formula is C29H25FN8O3. The van der Waals surface area contributed by atoms with Crippen molar-refractivity contribution < 1.29 is 13.8 Å². The molecule has 0 aliphatic carbocycles. The van der Waals surface area contributed by atoms with Crippen molar-refractivity contribution in [3.63, 3.8) is 0 Å². The molecule has 2 N–H and O–H groups in total. The van der Waals surface area contributed by atoms with Crippen LogP contribution in [0.4, 0.5) is 10.2 Å². The minimum Gasteiger partial charge on any atom is -0.315 e. The van der Waals surface area contributed by atoms with Crippen molar-refractivity contribution in [2.75, 3.05) is 12.4 Å². The van der Waals surface area contributed by atoms with Crippen LogP contribution in [0.3, 0.4) is 0 Å². The Kier molecular flexibility index (Phi) is 6.59. The zero-order valence-electron chi connectivity index (χ0n) is 22.4. The summed E-state index contributed by atoms with van der Waals surface area (Å²) in [6.45, 7) is 3.73. The fraction of sp³-hybridized carbons (Fsp3) is 0.172. The molecule has 0 aliphatic rings. The second-order valence-corrected chi connectivity index (χ2v) is 9.75. The molecule has 1 atom stereocenters. The first kappa shape index (κ1) is 26.0. The lowest BCUT2D eigenvalue weighted by Gasteiger charge is -2.16. The van der Waals surface area contributed by atoms with Gasteiger partial charge in [0.15, 0.2) is 5.82 Å². The Balaban J connectivity index is 1.44. The molecule has 41 heavy (non-hydrogen) atoms. The molecule has 0 saturated carbocycles. The van der Waals surface area contributed by atoms with Gasteiger partial charge in [-0.25, -0.2) is 14.0 Å². The van der Waals surface area contributed by atoms with Crippen molar-refractivity contribution in [3.8, 4) is 16.9 Å². The number of aryl methyl sites for hydroxylation is 1. The lowest BCUT2D eigenvalue weighted by Crippen LogP contribution is -2.38. The number of rotatable bonds is 7. The van der Waals surface area contributed by atoms with Gasteiger partial charge in [-0.05, 0) is 78.7 Å². The van der Waals surface area contributed by atoms with E-state index in [1.165, 1.54) is 22.9 Å². The quantitative estimate of drug-likeness (QED) is 0.305. The van der Waals surface area contributed by atoms with Gasteiger partial charge in [-0.15, -0.1) is 0 Å². The van der Waals surface area contributed by atoms with Gasteiger partial charge in [-0.1, -0.05) is 6.07 Å². The standard InChI is InChI=1S/C29H25FN8O3/c1-16-14-37(25-7-5-20(30)10-22(16)25)21-8-18(11-32-12-21)15-38-26(19-4-6-23-24(9-19)36-41-35-23)13-33-27(29(38)40)34-28(39)17(2)31-3/h4-14,17,31H,15H2,1-3H3,(H,33,34,39). The SMILES string of the molecule is CNC(C)C(=O)Nc1ncc(-c2ccc3nonc3c2)n(Cc2cncc(-n3cc(C)c4cc(F)ccc43)c2)c1=O. The lowest BCUT2D eigenvalue weighted by atomic mass is 10.1. The molecule has 0 radical (unpaired) electrons. The molecule has 0 bridgehead atoms. The Morgan fingerprint density at radius 1 is 1.07 bits per heavy atom. The van der Waals surface area contributed by atoms with Gasteiger partial charge in [0, 0.05) is 23.3 Å². The number of amides is 1. The van der Waals surface area contributed by atoms with E-state index in [-0.39, 0.29) is 24.1 Å². The van der Waals surface area contributed by atoms with Crippen molar-refractivity contribution in [1.82, 2.24) is 34.7 Å². The number of carbonyl (C=O) groups is 1. The molecule has 206 valence electrons. The van der Waals surface area contributed by atoms with Crippen molar-refractivity contribution in [2.45, 2.75) is 26.4 Å². The van der Waals surface area contributed by atoms with Crippen LogP contribution in [0, 0.1) is 12.7 Å². The highest BCUT2D eigenvalue weighted by Crippen LogP contribution is 2.26. The van der Waals surface area contributed by atoms with Crippen LogP contribution in [0.1, 0.15) is 18.1 Å². The molecule has 0 fully saturated rings. The van der Waals surface area contributed by atoms with Gasteiger partial charge in [-0.3, -0.25) is 19.1 Å².